The van der Waals surface area contributed by atoms with Gasteiger partial charge in [0.15, 0.2) is 12.4 Å². The first-order chi connectivity index (χ1) is 47.6. The molecule has 0 heterocycles. The van der Waals surface area contributed by atoms with Gasteiger partial charge in [-0.3, -0.25) is 9.59 Å². The topological polar surface area (TPSA) is 111 Å². The van der Waals surface area contributed by atoms with Gasteiger partial charge in [-0.1, -0.05) is 360 Å². The molecule has 0 rings (SSSR count). The maximum absolute atomic E-state index is 13.0. The van der Waals surface area contributed by atoms with Gasteiger partial charge in [-0.05, 0) is 109 Å². The van der Waals surface area contributed by atoms with Crippen LogP contribution in [0.5, 0.6) is 0 Å². The average molecular weight is 1350 g/mol. The largest absolute Gasteiger partial charge is 0.545 e. The number of esters is 2. The Balaban J connectivity index is 4.03. The van der Waals surface area contributed by atoms with Gasteiger partial charge < -0.3 is 33.3 Å². The third-order valence-corrected chi connectivity index (χ3v) is 17.7. The lowest BCUT2D eigenvalue weighted by molar-refractivity contribution is -0.870. The van der Waals surface area contributed by atoms with E-state index in [1.165, 1.54) is 231 Å². The zero-order chi connectivity index (χ0) is 70.4. The van der Waals surface area contributed by atoms with Crippen molar-refractivity contribution < 1.29 is 42.9 Å². The molecule has 0 aromatic rings. The van der Waals surface area contributed by atoms with E-state index in [0.717, 1.165) is 96.3 Å². The van der Waals surface area contributed by atoms with Crippen LogP contribution < -0.4 is 5.11 Å². The molecule has 0 amide bonds. The van der Waals surface area contributed by atoms with Gasteiger partial charge in [0.25, 0.3) is 0 Å². The lowest BCUT2D eigenvalue weighted by atomic mass is 10.0. The number of rotatable bonds is 75. The van der Waals surface area contributed by atoms with Crippen molar-refractivity contribution in [3.8, 4) is 0 Å². The van der Waals surface area contributed by atoms with Crippen molar-refractivity contribution >= 4 is 17.9 Å². The van der Waals surface area contributed by atoms with E-state index in [-0.39, 0.29) is 32.2 Å². The molecule has 0 aliphatic heterocycles. The van der Waals surface area contributed by atoms with Crippen molar-refractivity contribution in [2.75, 3.05) is 47.5 Å². The highest BCUT2D eigenvalue weighted by Crippen LogP contribution is 2.19. The summed E-state index contributed by atoms with van der Waals surface area (Å²) in [6.07, 6.45) is 107. The van der Waals surface area contributed by atoms with Crippen LogP contribution in [-0.4, -0.2) is 82.3 Å². The molecule has 0 fully saturated rings. The summed E-state index contributed by atoms with van der Waals surface area (Å²) in [5.74, 6) is -2.27. The number of quaternary nitrogens is 1. The van der Waals surface area contributed by atoms with Gasteiger partial charge in [0.2, 0.25) is 0 Å². The standard InChI is InChI=1S/C88H153NO8/c1-6-8-10-12-14-16-18-20-22-24-26-28-30-32-34-36-38-40-41-42-43-44-45-47-49-51-53-55-57-59-61-63-65-67-69-71-73-75-77-79-86(91)97-84(83-96-88(87(92)93)94-81-80-89(3,4)5)82-95-85(90)78-76-74-72-70-68-66-64-62-60-58-56-54-52-50-48-46-39-37-35-33-31-29-27-25-23-21-19-17-15-13-11-9-7-2/h8,10,14,16,19-22,25-28,32,34,38,40,42-43,45,47,84,88H,6-7,9,11-13,15,17-18,23-24,29-31,33,35-37,39,41,44,46,48-83H2,1-5H3/b10-8-,16-14-,21-19-,22-20-,27-25-,28-26-,34-32-,40-38-,43-42-,47-45-. The molecule has 0 aromatic heterocycles. The van der Waals surface area contributed by atoms with Crippen LogP contribution in [0.2, 0.25) is 0 Å². The van der Waals surface area contributed by atoms with Crippen LogP contribution in [-0.2, 0) is 33.3 Å². The van der Waals surface area contributed by atoms with Gasteiger partial charge in [0, 0.05) is 12.8 Å². The number of ether oxygens (including phenoxy) is 4. The molecule has 0 aliphatic rings. The molecule has 97 heavy (non-hydrogen) atoms. The molecule has 2 unspecified atom stereocenters. The Bertz CT molecular complexity index is 2020. The lowest BCUT2D eigenvalue weighted by Gasteiger charge is -2.26. The number of carbonyl (C=O) groups excluding carboxylic acids is 3. The summed E-state index contributed by atoms with van der Waals surface area (Å²) in [5.41, 5.74) is 0. The number of carbonyl (C=O) groups is 3. The normalized spacial score (nSPS) is 13.3. The number of allylic oxidation sites excluding steroid dienone is 20. The minimum atomic E-state index is -1.63. The van der Waals surface area contributed by atoms with Crippen molar-refractivity contribution in [1.29, 1.82) is 0 Å². The summed E-state index contributed by atoms with van der Waals surface area (Å²) in [4.78, 5) is 37.6. The van der Waals surface area contributed by atoms with Crippen molar-refractivity contribution in [3.05, 3.63) is 122 Å². The molecule has 0 N–H and O–H groups in total. The van der Waals surface area contributed by atoms with Gasteiger partial charge >= 0.3 is 11.9 Å². The van der Waals surface area contributed by atoms with E-state index < -0.39 is 24.3 Å². The summed E-state index contributed by atoms with van der Waals surface area (Å²) >= 11 is 0. The first kappa shape index (κ1) is 92.7. The second-order valence-corrected chi connectivity index (χ2v) is 28.3. The maximum Gasteiger partial charge on any atom is 0.306 e. The van der Waals surface area contributed by atoms with E-state index in [0.29, 0.717) is 23.9 Å². The predicted molar refractivity (Wildman–Crippen MR) is 417 cm³/mol. The van der Waals surface area contributed by atoms with E-state index >= 15 is 0 Å². The molecule has 0 aromatic carbocycles. The van der Waals surface area contributed by atoms with Crippen molar-refractivity contribution in [2.24, 2.45) is 0 Å². The molecular weight excluding hydrogens is 1200 g/mol. The van der Waals surface area contributed by atoms with Gasteiger partial charge in [-0.2, -0.15) is 0 Å². The van der Waals surface area contributed by atoms with Crippen LogP contribution in [0.15, 0.2) is 122 Å². The molecule has 9 heteroatoms. The highest BCUT2D eigenvalue weighted by atomic mass is 16.7. The molecule has 0 spiro atoms. The first-order valence-corrected chi connectivity index (χ1v) is 40.7. The fraction of sp³-hybridized carbons (Fsp3) is 0.739. The van der Waals surface area contributed by atoms with E-state index in [1.807, 2.05) is 21.1 Å². The minimum absolute atomic E-state index is 0.145. The van der Waals surface area contributed by atoms with Crippen molar-refractivity contribution in [2.45, 2.75) is 373 Å². The molecule has 558 valence electrons. The molecule has 0 bridgehead atoms. The first-order valence-electron chi connectivity index (χ1n) is 40.7. The average Bonchev–Trinajstić information content (AvgIpc) is 2.39. The lowest BCUT2D eigenvalue weighted by Crippen LogP contribution is -2.44. The zero-order valence-corrected chi connectivity index (χ0v) is 63.9. The monoisotopic (exact) mass is 1350 g/mol. The van der Waals surface area contributed by atoms with Gasteiger partial charge in [-0.25, -0.2) is 0 Å². The summed E-state index contributed by atoms with van der Waals surface area (Å²) in [7, 11) is 5.94. The molecular formula is C88H153NO8. The van der Waals surface area contributed by atoms with Crippen LogP contribution in [0.25, 0.3) is 0 Å². The number of unbranched alkanes of at least 4 members (excludes halogenated alkanes) is 40. The Morgan fingerprint density at radius 2 is 0.588 bits per heavy atom. The summed E-state index contributed by atoms with van der Waals surface area (Å²) in [6.45, 7) is 4.66. The van der Waals surface area contributed by atoms with Crippen LogP contribution in [0.1, 0.15) is 361 Å². The minimum Gasteiger partial charge on any atom is -0.545 e. The van der Waals surface area contributed by atoms with Gasteiger partial charge in [0.05, 0.1) is 40.3 Å². The molecule has 0 saturated carbocycles. The quantitative estimate of drug-likeness (QED) is 0.0195. The number of hydrogen-bond acceptors (Lipinski definition) is 8. The summed E-state index contributed by atoms with van der Waals surface area (Å²) in [5, 5.41) is 11.9. The van der Waals surface area contributed by atoms with Crippen LogP contribution in [0.3, 0.4) is 0 Å². The zero-order valence-electron chi connectivity index (χ0n) is 63.9. The van der Waals surface area contributed by atoms with Crippen LogP contribution in [0, 0.1) is 0 Å². The van der Waals surface area contributed by atoms with E-state index in [2.05, 4.69) is 135 Å². The number of carboxylic acids is 1. The SMILES string of the molecule is CC/C=C\C/C=C\C/C=C\C/C=C\C/C=C\C/C=C\C/C=C\C/C=C\CCCCCCCCCCCCCCCCC(=O)OC(COC(=O)CCCCCCCCCCCCCCCCCCCCCCC/C=C\C/C=C\CCCCCCC)COC(OCC[N+](C)(C)C)C(=O)[O-]. The van der Waals surface area contributed by atoms with Crippen LogP contribution in [0.4, 0.5) is 0 Å². The van der Waals surface area contributed by atoms with Crippen LogP contribution >= 0.6 is 0 Å². The molecule has 9 nitrogen and oxygen atoms in total. The number of likely N-dealkylation sites (N-methyl/N-ethyl adjacent to an activating group) is 1. The van der Waals surface area contributed by atoms with E-state index in [9.17, 15) is 19.5 Å². The number of aliphatic carboxylic acids is 1. The molecule has 2 atom stereocenters. The molecule has 0 radical (unpaired) electrons. The predicted octanol–water partition coefficient (Wildman–Crippen LogP) is 24.9. The fourth-order valence-corrected chi connectivity index (χ4v) is 11.5. The van der Waals surface area contributed by atoms with Crippen molar-refractivity contribution in [1.82, 2.24) is 0 Å². The Labute approximate surface area is 599 Å². The Hall–Kier alpha value is -4.31. The number of hydrogen-bond donors (Lipinski definition) is 0. The number of nitrogens with zero attached hydrogens (tertiary/aromatic N) is 1. The summed E-state index contributed by atoms with van der Waals surface area (Å²) < 4.78 is 22.9. The maximum atomic E-state index is 13.0. The smallest absolute Gasteiger partial charge is 0.306 e. The molecule has 0 aliphatic carbocycles. The van der Waals surface area contributed by atoms with Gasteiger partial charge in [-0.15, -0.1) is 0 Å². The van der Waals surface area contributed by atoms with Crippen molar-refractivity contribution in [3.63, 3.8) is 0 Å². The highest BCUT2D eigenvalue weighted by Gasteiger charge is 2.22. The third kappa shape index (κ3) is 78.9. The Morgan fingerprint density at radius 3 is 0.876 bits per heavy atom. The van der Waals surface area contributed by atoms with Gasteiger partial charge in [0.1, 0.15) is 13.2 Å². The molecule has 0 saturated heterocycles. The van der Waals surface area contributed by atoms with E-state index in [1.54, 1.807) is 0 Å². The van der Waals surface area contributed by atoms with E-state index in [4.69, 9.17) is 18.9 Å². The third-order valence-electron chi connectivity index (χ3n) is 17.7. The number of carboxylic acid groups (broad SMARTS) is 1. The highest BCUT2D eigenvalue weighted by molar-refractivity contribution is 5.70. The Morgan fingerprint density at radius 1 is 0.320 bits per heavy atom. The fourth-order valence-electron chi connectivity index (χ4n) is 11.5. The second-order valence-electron chi connectivity index (χ2n) is 28.3. The Kier molecular flexibility index (Phi) is 74.0. The second kappa shape index (κ2) is 77.4. The summed E-state index contributed by atoms with van der Waals surface area (Å²) in [6, 6.07) is 0.